The van der Waals surface area contributed by atoms with Crippen LogP contribution in [0.25, 0.3) is 0 Å². The van der Waals surface area contributed by atoms with Gasteiger partial charge in [0.25, 0.3) is 0 Å². The third-order valence-electron chi connectivity index (χ3n) is 3.12. The normalized spacial score (nSPS) is 10.1. The van der Waals surface area contributed by atoms with Gasteiger partial charge in [-0.3, -0.25) is 9.59 Å². The van der Waals surface area contributed by atoms with Gasteiger partial charge in [0.05, 0.1) is 7.11 Å². The summed E-state index contributed by atoms with van der Waals surface area (Å²) in [6.07, 6.45) is 0.289. The minimum Gasteiger partial charge on any atom is -0.497 e. The first-order valence-corrected chi connectivity index (χ1v) is 7.19. The number of anilines is 1. The maximum atomic E-state index is 12.0. The summed E-state index contributed by atoms with van der Waals surface area (Å²) < 4.78 is 5.04. The molecule has 2 aromatic carbocycles. The van der Waals surface area contributed by atoms with E-state index in [2.05, 4.69) is 5.32 Å². The molecule has 0 bridgehead atoms. The van der Waals surface area contributed by atoms with Gasteiger partial charge in [0.2, 0.25) is 5.91 Å². The summed E-state index contributed by atoms with van der Waals surface area (Å²) in [5, 5.41) is 3.32. The molecule has 0 aliphatic rings. The number of carbonyl (C=O) groups excluding carboxylic acids is 2. The van der Waals surface area contributed by atoms with Crippen molar-refractivity contribution in [3.8, 4) is 5.75 Å². The zero-order chi connectivity index (χ0) is 15.9. The van der Waals surface area contributed by atoms with Crippen LogP contribution in [0.5, 0.6) is 5.75 Å². The van der Waals surface area contributed by atoms with Crippen LogP contribution in [-0.4, -0.2) is 18.8 Å². The van der Waals surface area contributed by atoms with E-state index in [1.807, 2.05) is 0 Å². The molecule has 0 heterocycles. The molecule has 114 valence electrons. The second kappa shape index (κ2) is 7.61. The first-order valence-electron chi connectivity index (χ1n) is 6.81. The molecule has 2 rings (SSSR count). The number of nitrogens with one attached hydrogen (secondary N) is 1. The van der Waals surface area contributed by atoms with Crippen molar-refractivity contribution >= 4 is 29.0 Å². The van der Waals surface area contributed by atoms with Gasteiger partial charge < -0.3 is 10.1 Å². The van der Waals surface area contributed by atoms with E-state index in [1.54, 1.807) is 55.6 Å². The molecule has 2 aromatic rings. The molecule has 0 aliphatic carbocycles. The van der Waals surface area contributed by atoms with Gasteiger partial charge in [-0.1, -0.05) is 11.6 Å². The van der Waals surface area contributed by atoms with Gasteiger partial charge in [0, 0.05) is 29.1 Å². The summed E-state index contributed by atoms with van der Waals surface area (Å²) in [6, 6.07) is 13.6. The van der Waals surface area contributed by atoms with Gasteiger partial charge in [0.1, 0.15) is 5.75 Å². The Bertz CT molecular complexity index is 651. The van der Waals surface area contributed by atoms with Gasteiger partial charge in [-0.05, 0) is 48.5 Å². The summed E-state index contributed by atoms with van der Waals surface area (Å²) in [5.41, 5.74) is 1.23. The second-order valence-corrected chi connectivity index (χ2v) is 5.14. The lowest BCUT2D eigenvalue weighted by molar-refractivity contribution is -0.116. The van der Waals surface area contributed by atoms with Gasteiger partial charge in [-0.15, -0.1) is 0 Å². The van der Waals surface area contributed by atoms with Crippen molar-refractivity contribution in [3.63, 3.8) is 0 Å². The summed E-state index contributed by atoms with van der Waals surface area (Å²) in [6.45, 7) is 0. The number of halogens is 1. The standard InChI is InChI=1S/C17H16ClNO3/c1-22-15-8-6-14(7-9-15)19-17(21)11-10-16(20)12-2-4-13(18)5-3-12/h2-9H,10-11H2,1H3,(H,19,21). The van der Waals surface area contributed by atoms with E-state index in [4.69, 9.17) is 16.3 Å². The number of ether oxygens (including phenoxy) is 1. The predicted molar refractivity (Wildman–Crippen MR) is 86.6 cm³/mol. The van der Waals surface area contributed by atoms with Crippen LogP contribution in [0.1, 0.15) is 23.2 Å². The summed E-state index contributed by atoms with van der Waals surface area (Å²) in [7, 11) is 1.58. The van der Waals surface area contributed by atoms with Crippen molar-refractivity contribution in [3.05, 3.63) is 59.1 Å². The molecule has 0 saturated heterocycles. The van der Waals surface area contributed by atoms with Crippen molar-refractivity contribution < 1.29 is 14.3 Å². The molecule has 4 nitrogen and oxygen atoms in total. The lowest BCUT2D eigenvalue weighted by Crippen LogP contribution is -2.13. The number of methoxy groups -OCH3 is 1. The Labute approximate surface area is 134 Å². The van der Waals surface area contributed by atoms with Crippen LogP contribution >= 0.6 is 11.6 Å². The number of amides is 1. The Kier molecular flexibility index (Phi) is 5.55. The predicted octanol–water partition coefficient (Wildman–Crippen LogP) is 3.95. The molecular weight excluding hydrogens is 302 g/mol. The van der Waals surface area contributed by atoms with E-state index < -0.39 is 0 Å². The molecule has 0 fully saturated rings. The first-order chi connectivity index (χ1) is 10.6. The molecule has 0 aliphatic heterocycles. The zero-order valence-electron chi connectivity index (χ0n) is 12.1. The summed E-state index contributed by atoms with van der Waals surface area (Å²) >= 11 is 5.77. The van der Waals surface area contributed by atoms with E-state index in [0.717, 1.165) is 5.75 Å². The van der Waals surface area contributed by atoms with E-state index >= 15 is 0 Å². The minimum absolute atomic E-state index is 0.0819. The van der Waals surface area contributed by atoms with E-state index in [-0.39, 0.29) is 24.5 Å². The Balaban J connectivity index is 1.84. The zero-order valence-corrected chi connectivity index (χ0v) is 12.9. The van der Waals surface area contributed by atoms with Crippen molar-refractivity contribution in [1.82, 2.24) is 0 Å². The molecule has 5 heteroatoms. The third kappa shape index (κ3) is 4.60. The smallest absolute Gasteiger partial charge is 0.224 e. The van der Waals surface area contributed by atoms with E-state index in [0.29, 0.717) is 16.3 Å². The average molecular weight is 318 g/mol. The second-order valence-electron chi connectivity index (χ2n) is 4.71. The Hall–Kier alpha value is -2.33. The van der Waals surface area contributed by atoms with Gasteiger partial charge in [-0.25, -0.2) is 0 Å². The summed E-state index contributed by atoms with van der Waals surface area (Å²) in [4.78, 5) is 23.8. The van der Waals surface area contributed by atoms with Crippen LogP contribution in [0.4, 0.5) is 5.69 Å². The van der Waals surface area contributed by atoms with Gasteiger partial charge >= 0.3 is 0 Å². The fourth-order valence-electron chi connectivity index (χ4n) is 1.91. The van der Waals surface area contributed by atoms with E-state index in [9.17, 15) is 9.59 Å². The van der Waals surface area contributed by atoms with Crippen molar-refractivity contribution in [2.45, 2.75) is 12.8 Å². The molecule has 22 heavy (non-hydrogen) atoms. The highest BCUT2D eigenvalue weighted by Crippen LogP contribution is 2.16. The minimum atomic E-state index is -0.201. The van der Waals surface area contributed by atoms with E-state index in [1.165, 1.54) is 0 Å². The molecular formula is C17H16ClNO3. The molecule has 0 unspecified atom stereocenters. The van der Waals surface area contributed by atoms with Crippen molar-refractivity contribution in [2.75, 3.05) is 12.4 Å². The SMILES string of the molecule is COc1ccc(NC(=O)CCC(=O)c2ccc(Cl)cc2)cc1. The molecule has 0 saturated carbocycles. The van der Waals surface area contributed by atoms with Crippen LogP contribution in [0.2, 0.25) is 5.02 Å². The third-order valence-corrected chi connectivity index (χ3v) is 3.37. The molecule has 0 aromatic heterocycles. The molecule has 0 radical (unpaired) electrons. The number of hydrogen-bond acceptors (Lipinski definition) is 3. The summed E-state index contributed by atoms with van der Waals surface area (Å²) in [5.74, 6) is 0.435. The number of carbonyl (C=O) groups is 2. The Morgan fingerprint density at radius 2 is 1.64 bits per heavy atom. The Morgan fingerprint density at radius 3 is 2.23 bits per heavy atom. The van der Waals surface area contributed by atoms with Crippen molar-refractivity contribution in [1.29, 1.82) is 0 Å². The molecule has 0 spiro atoms. The van der Waals surface area contributed by atoms with Crippen molar-refractivity contribution in [2.24, 2.45) is 0 Å². The molecule has 1 N–H and O–H groups in total. The number of Topliss-reactive ketones (excluding diaryl/α,β-unsaturated/α-hetero) is 1. The maximum absolute atomic E-state index is 12.0. The topological polar surface area (TPSA) is 55.4 Å². The molecule has 1 amide bonds. The van der Waals surface area contributed by atoms with Crippen LogP contribution in [0.15, 0.2) is 48.5 Å². The highest BCUT2D eigenvalue weighted by Gasteiger charge is 2.09. The fourth-order valence-corrected chi connectivity index (χ4v) is 2.03. The lowest BCUT2D eigenvalue weighted by Gasteiger charge is -2.06. The molecule has 0 atom stereocenters. The highest BCUT2D eigenvalue weighted by atomic mass is 35.5. The monoisotopic (exact) mass is 317 g/mol. The number of benzene rings is 2. The van der Waals surface area contributed by atoms with Gasteiger partial charge in [-0.2, -0.15) is 0 Å². The number of rotatable bonds is 6. The number of ketones is 1. The average Bonchev–Trinajstić information content (AvgIpc) is 2.54. The first kappa shape index (κ1) is 16.0. The largest absolute Gasteiger partial charge is 0.497 e. The van der Waals surface area contributed by atoms with Crippen LogP contribution in [-0.2, 0) is 4.79 Å². The van der Waals surface area contributed by atoms with Crippen LogP contribution < -0.4 is 10.1 Å². The van der Waals surface area contributed by atoms with Gasteiger partial charge in [0.15, 0.2) is 5.78 Å². The lowest BCUT2D eigenvalue weighted by atomic mass is 10.1. The number of hydrogen-bond donors (Lipinski definition) is 1. The quantitative estimate of drug-likeness (QED) is 0.821. The Morgan fingerprint density at radius 1 is 1.00 bits per heavy atom. The van der Waals surface area contributed by atoms with Crippen LogP contribution in [0.3, 0.4) is 0 Å². The maximum Gasteiger partial charge on any atom is 0.224 e. The fraction of sp³-hybridized carbons (Fsp3) is 0.176. The van der Waals surface area contributed by atoms with Crippen LogP contribution in [0, 0.1) is 0 Å². The highest BCUT2D eigenvalue weighted by molar-refractivity contribution is 6.30.